The number of nitrogens with one attached hydrogen (secondary N) is 2. The number of sulfonamides is 1. The number of ketones is 1. The van der Waals surface area contributed by atoms with Crippen molar-refractivity contribution in [3.63, 3.8) is 0 Å². The molecule has 0 saturated carbocycles. The molecule has 11 heteroatoms. The van der Waals surface area contributed by atoms with E-state index in [0.717, 1.165) is 6.21 Å². The molecule has 0 spiro atoms. The number of Topliss-reactive ketones (excluding diaryl/α,β-unsaturated/α-hetero) is 1. The molecule has 1 aliphatic heterocycles. The maximum absolute atomic E-state index is 12.8. The smallest absolute Gasteiger partial charge is 0.243 e. The fourth-order valence-electron chi connectivity index (χ4n) is 2.67. The fourth-order valence-corrected chi connectivity index (χ4v) is 4.44. The molecule has 0 bridgehead atoms. The van der Waals surface area contributed by atoms with E-state index in [9.17, 15) is 13.2 Å². The number of hydrazone groups is 1. The molecule has 2 aromatic rings. The number of hydrogen-bond acceptors (Lipinski definition) is 6. The van der Waals surface area contributed by atoms with Crippen molar-refractivity contribution in [1.29, 1.82) is 0 Å². The van der Waals surface area contributed by atoms with Gasteiger partial charge in [0, 0.05) is 18.7 Å². The minimum atomic E-state index is -3.68. The van der Waals surface area contributed by atoms with Crippen LogP contribution in [0.2, 0.25) is 5.02 Å². The van der Waals surface area contributed by atoms with Gasteiger partial charge in [0.1, 0.15) is 0 Å². The number of halogens is 1. The summed E-state index contributed by atoms with van der Waals surface area (Å²) in [6, 6.07) is 13.0. The first-order chi connectivity index (χ1) is 14.4. The van der Waals surface area contributed by atoms with Crippen LogP contribution in [0.15, 0.2) is 58.5 Å². The summed E-state index contributed by atoms with van der Waals surface area (Å²) in [4.78, 5) is 12.1. The zero-order valence-corrected chi connectivity index (χ0v) is 18.1. The molecular formula is C19H19ClN4O4S2. The third-order valence-electron chi connectivity index (χ3n) is 4.20. The minimum Gasteiger partial charge on any atom is -0.379 e. The number of morpholine rings is 1. The molecule has 30 heavy (non-hydrogen) atoms. The Labute approximate surface area is 184 Å². The second-order valence-electron chi connectivity index (χ2n) is 6.21. The van der Waals surface area contributed by atoms with Crippen molar-refractivity contribution in [3.8, 4) is 0 Å². The maximum atomic E-state index is 12.8. The highest BCUT2D eigenvalue weighted by atomic mass is 35.5. The normalized spacial score (nSPS) is 15.1. The molecule has 1 aliphatic rings. The first-order valence-corrected chi connectivity index (χ1v) is 11.2. The van der Waals surface area contributed by atoms with E-state index in [4.69, 9.17) is 28.6 Å². The summed E-state index contributed by atoms with van der Waals surface area (Å²) < 4.78 is 32.2. The predicted octanol–water partition coefficient (Wildman–Crippen LogP) is 2.52. The molecule has 1 saturated heterocycles. The lowest BCUT2D eigenvalue weighted by Crippen LogP contribution is -2.40. The third kappa shape index (κ3) is 5.61. The molecule has 0 atom stereocenters. The maximum Gasteiger partial charge on any atom is 0.243 e. The number of carbonyl (C=O) groups excluding carboxylic acids is 1. The van der Waals surface area contributed by atoms with Crippen molar-refractivity contribution < 1.29 is 17.9 Å². The van der Waals surface area contributed by atoms with E-state index in [0.29, 0.717) is 24.5 Å². The number of ether oxygens (including phenoxy) is 1. The Hall–Kier alpha value is -2.37. The predicted molar refractivity (Wildman–Crippen MR) is 120 cm³/mol. The first-order valence-electron chi connectivity index (χ1n) is 8.95. The average Bonchev–Trinajstić information content (AvgIpc) is 2.76. The molecule has 158 valence electrons. The molecule has 0 radical (unpaired) electrons. The van der Waals surface area contributed by atoms with E-state index in [2.05, 4.69) is 15.8 Å². The molecule has 0 amide bonds. The molecule has 0 aliphatic carbocycles. The largest absolute Gasteiger partial charge is 0.379 e. The lowest BCUT2D eigenvalue weighted by Gasteiger charge is -2.26. The van der Waals surface area contributed by atoms with Gasteiger partial charge in [-0.15, -0.1) is 0 Å². The molecule has 8 nitrogen and oxygen atoms in total. The van der Waals surface area contributed by atoms with Gasteiger partial charge in [0.25, 0.3) is 0 Å². The number of nitrogens with zero attached hydrogens (tertiary/aromatic N) is 2. The molecule has 1 heterocycles. The number of rotatable bonds is 6. The lowest BCUT2D eigenvalue weighted by molar-refractivity contribution is 0.0730. The van der Waals surface area contributed by atoms with Crippen LogP contribution in [0.4, 0.5) is 5.69 Å². The summed E-state index contributed by atoms with van der Waals surface area (Å²) in [6.45, 7) is 1.28. The van der Waals surface area contributed by atoms with E-state index in [-0.39, 0.29) is 33.9 Å². The van der Waals surface area contributed by atoms with Crippen molar-refractivity contribution in [3.05, 3.63) is 59.1 Å². The fraction of sp³-hybridized carbons (Fsp3) is 0.211. The van der Waals surface area contributed by atoms with E-state index < -0.39 is 10.0 Å². The summed E-state index contributed by atoms with van der Waals surface area (Å²) in [7, 11) is -3.68. The van der Waals surface area contributed by atoms with Gasteiger partial charge in [-0.05, 0) is 30.4 Å². The Kier molecular flexibility index (Phi) is 7.51. The van der Waals surface area contributed by atoms with Gasteiger partial charge in [-0.1, -0.05) is 41.9 Å². The van der Waals surface area contributed by atoms with Crippen LogP contribution in [0.25, 0.3) is 0 Å². The monoisotopic (exact) mass is 466 g/mol. The third-order valence-corrected chi connectivity index (χ3v) is 6.62. The van der Waals surface area contributed by atoms with Gasteiger partial charge >= 0.3 is 0 Å². The van der Waals surface area contributed by atoms with Gasteiger partial charge in [0.05, 0.1) is 35.0 Å². The van der Waals surface area contributed by atoms with Gasteiger partial charge < -0.3 is 10.1 Å². The van der Waals surface area contributed by atoms with Crippen LogP contribution in [0.3, 0.4) is 0 Å². The Morgan fingerprint density at radius 3 is 2.57 bits per heavy atom. The van der Waals surface area contributed by atoms with Crippen molar-refractivity contribution >= 4 is 56.6 Å². The summed E-state index contributed by atoms with van der Waals surface area (Å²) in [6.07, 6.45) is 1.10. The Bertz CT molecular complexity index is 1060. The Morgan fingerprint density at radius 1 is 1.17 bits per heavy atom. The van der Waals surface area contributed by atoms with E-state index >= 15 is 0 Å². The van der Waals surface area contributed by atoms with Crippen LogP contribution in [0.5, 0.6) is 0 Å². The van der Waals surface area contributed by atoms with E-state index in [1.807, 2.05) is 6.07 Å². The molecule has 2 N–H and O–H groups in total. The molecule has 2 aromatic carbocycles. The summed E-state index contributed by atoms with van der Waals surface area (Å²) in [5.74, 6) is -0.289. The Morgan fingerprint density at radius 2 is 1.87 bits per heavy atom. The summed E-state index contributed by atoms with van der Waals surface area (Å²) in [5.41, 5.74) is 3.31. The number of benzene rings is 2. The molecule has 0 unspecified atom stereocenters. The van der Waals surface area contributed by atoms with E-state index in [1.54, 1.807) is 24.3 Å². The molecule has 3 rings (SSSR count). The quantitative estimate of drug-likeness (QED) is 0.292. The van der Waals surface area contributed by atoms with Crippen LogP contribution >= 0.6 is 23.8 Å². The summed E-state index contributed by atoms with van der Waals surface area (Å²) in [5, 5.41) is 6.93. The van der Waals surface area contributed by atoms with Crippen molar-refractivity contribution in [2.45, 2.75) is 4.90 Å². The van der Waals surface area contributed by atoms with Gasteiger partial charge in [0.2, 0.25) is 15.8 Å². The number of carbonyl (C=O) groups is 1. The van der Waals surface area contributed by atoms with Gasteiger partial charge in [-0.25, -0.2) is 8.42 Å². The highest BCUT2D eigenvalue weighted by Crippen LogP contribution is 2.27. The van der Waals surface area contributed by atoms with Crippen LogP contribution in [0.1, 0.15) is 10.4 Å². The van der Waals surface area contributed by atoms with Crippen LogP contribution < -0.4 is 10.7 Å². The number of hydrogen-bond donors (Lipinski definition) is 2. The second-order valence-corrected chi connectivity index (χ2v) is 8.97. The SMILES string of the molecule is O=C(/C=N/NC(=S)Nc1cc(S(=O)(=O)N2CCOCC2)ccc1Cl)c1ccccc1. The zero-order valence-electron chi connectivity index (χ0n) is 15.7. The first kappa shape index (κ1) is 22.3. The molecular weight excluding hydrogens is 448 g/mol. The standard InChI is InChI=1S/C19H19ClN4O4S2/c20-16-7-6-15(30(26,27)24-8-10-28-11-9-24)12-17(16)22-19(29)23-21-13-18(25)14-4-2-1-3-5-14/h1-7,12-13H,8-11H2,(H2,22,23,29)/b21-13+. The van der Waals surface area contributed by atoms with Crippen LogP contribution in [0, 0.1) is 0 Å². The van der Waals surface area contributed by atoms with Crippen LogP contribution in [-0.4, -0.2) is 56.1 Å². The molecule has 0 aromatic heterocycles. The highest BCUT2D eigenvalue weighted by molar-refractivity contribution is 7.89. The summed E-state index contributed by atoms with van der Waals surface area (Å²) >= 11 is 11.3. The van der Waals surface area contributed by atoms with Gasteiger partial charge in [-0.2, -0.15) is 9.41 Å². The second kappa shape index (κ2) is 10.1. The molecule has 1 fully saturated rings. The van der Waals surface area contributed by atoms with Crippen molar-refractivity contribution in [1.82, 2.24) is 9.73 Å². The number of thiocarbonyl (C=S) groups is 1. The topological polar surface area (TPSA) is 100 Å². The van der Waals surface area contributed by atoms with Crippen molar-refractivity contribution in [2.75, 3.05) is 31.6 Å². The van der Waals surface area contributed by atoms with Crippen LogP contribution in [-0.2, 0) is 14.8 Å². The van der Waals surface area contributed by atoms with Gasteiger partial charge in [0.15, 0.2) is 5.11 Å². The average molecular weight is 467 g/mol. The van der Waals surface area contributed by atoms with Gasteiger partial charge in [-0.3, -0.25) is 10.2 Å². The zero-order chi connectivity index (χ0) is 21.6. The van der Waals surface area contributed by atoms with Crippen molar-refractivity contribution in [2.24, 2.45) is 5.10 Å². The Balaban J connectivity index is 1.66. The lowest BCUT2D eigenvalue weighted by atomic mass is 10.1. The highest BCUT2D eigenvalue weighted by Gasteiger charge is 2.27. The minimum absolute atomic E-state index is 0.0509. The number of anilines is 1. The van der Waals surface area contributed by atoms with E-state index in [1.165, 1.54) is 22.5 Å².